The summed E-state index contributed by atoms with van der Waals surface area (Å²) in [5.74, 6) is 1.87. The maximum Gasteiger partial charge on any atom is 0.122 e. The van der Waals surface area contributed by atoms with Crippen molar-refractivity contribution in [3.63, 3.8) is 0 Å². The molecule has 2 heteroatoms. The Labute approximate surface area is 105 Å². The Morgan fingerprint density at radius 2 is 2.19 bits per heavy atom. The zero-order valence-electron chi connectivity index (χ0n) is 9.79. The van der Waals surface area contributed by atoms with Gasteiger partial charge in [0.2, 0.25) is 0 Å². The number of halogens is 1. The second-order valence-corrected chi connectivity index (χ2v) is 6.65. The fourth-order valence-corrected chi connectivity index (χ4v) is 3.81. The van der Waals surface area contributed by atoms with Crippen LogP contribution in [0.2, 0.25) is 0 Å². The molecule has 1 aliphatic carbocycles. The summed E-state index contributed by atoms with van der Waals surface area (Å²) < 4.78 is 5.53. The first-order valence-electron chi connectivity index (χ1n) is 5.98. The maximum absolute atomic E-state index is 5.53. The Kier molecular flexibility index (Phi) is 2.32. The standard InChI is InChI=1S/C14H17BrO/c1-14(2)8-11(14)13(15)10-3-4-12-9(7-10)5-6-16-12/h3-4,7,11,13H,5-6,8H2,1-2H3. The summed E-state index contributed by atoms with van der Waals surface area (Å²) in [4.78, 5) is 0.508. The number of alkyl halides is 1. The minimum Gasteiger partial charge on any atom is -0.493 e. The lowest BCUT2D eigenvalue weighted by molar-refractivity contribution is 0.357. The van der Waals surface area contributed by atoms with Crippen LogP contribution in [0.3, 0.4) is 0 Å². The van der Waals surface area contributed by atoms with E-state index < -0.39 is 0 Å². The van der Waals surface area contributed by atoms with E-state index in [1.807, 2.05) is 0 Å². The molecular formula is C14H17BrO. The molecule has 2 atom stereocenters. The molecular weight excluding hydrogens is 264 g/mol. The van der Waals surface area contributed by atoms with Crippen molar-refractivity contribution in [2.24, 2.45) is 11.3 Å². The molecule has 1 fully saturated rings. The second kappa shape index (κ2) is 3.49. The number of hydrogen-bond donors (Lipinski definition) is 0. The monoisotopic (exact) mass is 280 g/mol. The third-order valence-corrected chi connectivity index (χ3v) is 5.14. The largest absolute Gasteiger partial charge is 0.493 e. The van der Waals surface area contributed by atoms with E-state index in [0.29, 0.717) is 10.2 Å². The molecule has 1 aromatic carbocycles. The van der Waals surface area contributed by atoms with Crippen molar-refractivity contribution in [2.75, 3.05) is 6.61 Å². The van der Waals surface area contributed by atoms with Gasteiger partial charge in [-0.05, 0) is 34.9 Å². The normalized spacial score (nSPS) is 27.1. The molecule has 86 valence electrons. The van der Waals surface area contributed by atoms with E-state index in [4.69, 9.17) is 4.74 Å². The van der Waals surface area contributed by atoms with Crippen LogP contribution in [0.15, 0.2) is 18.2 Å². The quantitative estimate of drug-likeness (QED) is 0.741. The van der Waals surface area contributed by atoms with Gasteiger partial charge in [0.05, 0.1) is 6.61 Å². The first-order chi connectivity index (χ1) is 7.58. The number of ether oxygens (including phenoxy) is 1. The smallest absolute Gasteiger partial charge is 0.122 e. The Hall–Kier alpha value is -0.500. The van der Waals surface area contributed by atoms with Crippen LogP contribution in [-0.4, -0.2) is 6.61 Å². The maximum atomic E-state index is 5.53. The van der Waals surface area contributed by atoms with E-state index in [9.17, 15) is 0 Å². The molecule has 3 rings (SSSR count). The van der Waals surface area contributed by atoms with Crippen LogP contribution >= 0.6 is 15.9 Å². The van der Waals surface area contributed by atoms with E-state index in [2.05, 4.69) is 48.0 Å². The number of hydrogen-bond acceptors (Lipinski definition) is 1. The van der Waals surface area contributed by atoms with Crippen LogP contribution in [0.25, 0.3) is 0 Å². The van der Waals surface area contributed by atoms with Gasteiger partial charge in [-0.2, -0.15) is 0 Å². The first-order valence-corrected chi connectivity index (χ1v) is 6.89. The third-order valence-electron chi connectivity index (χ3n) is 3.97. The molecule has 1 heterocycles. The molecule has 0 aromatic heterocycles. The van der Waals surface area contributed by atoms with Crippen molar-refractivity contribution in [2.45, 2.75) is 31.5 Å². The number of fused-ring (bicyclic) bond motifs is 1. The Morgan fingerprint density at radius 1 is 1.44 bits per heavy atom. The molecule has 1 saturated carbocycles. The molecule has 2 unspecified atom stereocenters. The highest BCUT2D eigenvalue weighted by Gasteiger charge is 2.49. The number of rotatable bonds is 2. The fraction of sp³-hybridized carbons (Fsp3) is 0.571. The van der Waals surface area contributed by atoms with E-state index >= 15 is 0 Å². The van der Waals surface area contributed by atoms with Crippen molar-refractivity contribution in [1.29, 1.82) is 0 Å². The summed E-state index contributed by atoms with van der Waals surface area (Å²) in [5, 5.41) is 0. The average Bonchev–Trinajstić information content (AvgIpc) is 2.72. The van der Waals surface area contributed by atoms with E-state index in [1.165, 1.54) is 17.5 Å². The molecule has 2 aliphatic rings. The predicted molar refractivity (Wildman–Crippen MR) is 69.2 cm³/mol. The van der Waals surface area contributed by atoms with E-state index in [-0.39, 0.29) is 0 Å². The minimum absolute atomic E-state index is 0.508. The summed E-state index contributed by atoms with van der Waals surface area (Å²) in [6, 6.07) is 6.65. The summed E-state index contributed by atoms with van der Waals surface area (Å²) >= 11 is 3.86. The predicted octanol–water partition coefficient (Wildman–Crippen LogP) is 4.10. The van der Waals surface area contributed by atoms with Crippen LogP contribution in [0.1, 0.15) is 36.2 Å². The highest BCUT2D eigenvalue weighted by Crippen LogP contribution is 2.60. The molecule has 16 heavy (non-hydrogen) atoms. The van der Waals surface area contributed by atoms with Crippen LogP contribution in [0.5, 0.6) is 5.75 Å². The van der Waals surface area contributed by atoms with Crippen molar-refractivity contribution in [3.8, 4) is 5.75 Å². The van der Waals surface area contributed by atoms with Crippen molar-refractivity contribution >= 4 is 15.9 Å². The molecule has 0 radical (unpaired) electrons. The van der Waals surface area contributed by atoms with Gasteiger partial charge in [0, 0.05) is 11.2 Å². The lowest BCUT2D eigenvalue weighted by Crippen LogP contribution is -1.99. The molecule has 1 aromatic rings. The molecule has 1 aliphatic heterocycles. The number of benzene rings is 1. The highest BCUT2D eigenvalue weighted by molar-refractivity contribution is 9.09. The van der Waals surface area contributed by atoms with Gasteiger partial charge < -0.3 is 4.74 Å². The van der Waals surface area contributed by atoms with Crippen LogP contribution in [0, 0.1) is 11.3 Å². The highest BCUT2D eigenvalue weighted by atomic mass is 79.9. The Balaban J connectivity index is 1.85. The molecule has 0 spiro atoms. The molecule has 0 N–H and O–H groups in total. The molecule has 0 bridgehead atoms. The average molecular weight is 281 g/mol. The van der Waals surface area contributed by atoms with Crippen LogP contribution in [0.4, 0.5) is 0 Å². The topological polar surface area (TPSA) is 9.23 Å². The van der Waals surface area contributed by atoms with Gasteiger partial charge in [-0.3, -0.25) is 0 Å². The van der Waals surface area contributed by atoms with Gasteiger partial charge >= 0.3 is 0 Å². The van der Waals surface area contributed by atoms with Gasteiger partial charge in [-0.15, -0.1) is 0 Å². The van der Waals surface area contributed by atoms with Crippen molar-refractivity contribution < 1.29 is 4.74 Å². The first kappa shape index (κ1) is 10.6. The van der Waals surface area contributed by atoms with Gasteiger partial charge in [-0.25, -0.2) is 0 Å². The lowest BCUT2D eigenvalue weighted by Gasteiger charge is -2.13. The third kappa shape index (κ3) is 1.67. The van der Waals surface area contributed by atoms with Gasteiger partial charge in [0.15, 0.2) is 0 Å². The van der Waals surface area contributed by atoms with Gasteiger partial charge in [0.25, 0.3) is 0 Å². The van der Waals surface area contributed by atoms with Gasteiger partial charge in [0.1, 0.15) is 5.75 Å². The SMILES string of the molecule is CC1(C)CC1C(Br)c1ccc2c(c1)CCO2. The Bertz CT molecular complexity index is 425. The fourth-order valence-electron chi connectivity index (χ4n) is 2.62. The van der Waals surface area contributed by atoms with Gasteiger partial charge in [-0.1, -0.05) is 41.9 Å². The van der Waals surface area contributed by atoms with Crippen LogP contribution in [-0.2, 0) is 6.42 Å². The summed E-state index contributed by atoms with van der Waals surface area (Å²) in [6.45, 7) is 5.55. The lowest BCUT2D eigenvalue weighted by atomic mass is 10.0. The zero-order chi connectivity index (χ0) is 11.3. The van der Waals surface area contributed by atoms with Crippen molar-refractivity contribution in [3.05, 3.63) is 29.3 Å². The van der Waals surface area contributed by atoms with E-state index in [1.54, 1.807) is 0 Å². The van der Waals surface area contributed by atoms with Crippen LogP contribution < -0.4 is 4.74 Å². The summed E-state index contributed by atoms with van der Waals surface area (Å²) in [7, 11) is 0. The van der Waals surface area contributed by atoms with E-state index in [0.717, 1.165) is 24.7 Å². The summed E-state index contributed by atoms with van der Waals surface area (Å²) in [5.41, 5.74) is 3.31. The second-order valence-electron chi connectivity index (χ2n) is 5.67. The zero-order valence-corrected chi connectivity index (χ0v) is 11.4. The summed E-state index contributed by atoms with van der Waals surface area (Å²) in [6.07, 6.45) is 2.40. The molecule has 1 nitrogen and oxygen atoms in total. The minimum atomic E-state index is 0.508. The van der Waals surface area contributed by atoms with Crippen molar-refractivity contribution in [1.82, 2.24) is 0 Å². The molecule has 0 saturated heterocycles. The Morgan fingerprint density at radius 3 is 2.88 bits per heavy atom. The molecule has 0 amide bonds.